The summed E-state index contributed by atoms with van der Waals surface area (Å²) in [7, 11) is -3.69. The highest BCUT2D eigenvalue weighted by molar-refractivity contribution is 7.90. The molecule has 0 spiro atoms. The largest absolute Gasteiger partial charge is 0.399 e. The highest BCUT2D eigenvalue weighted by Gasteiger charge is 2.11. The van der Waals surface area contributed by atoms with Crippen molar-refractivity contribution >= 4 is 21.6 Å². The number of halogens is 1. The smallest absolute Gasteiger partial charge is 0.299 e. The van der Waals surface area contributed by atoms with Crippen LogP contribution in [0.4, 0.5) is 15.8 Å². The third kappa shape index (κ3) is 5.01. The Morgan fingerprint density at radius 3 is 2.53 bits per heavy atom. The summed E-state index contributed by atoms with van der Waals surface area (Å²) in [6.07, 6.45) is 0. The van der Waals surface area contributed by atoms with E-state index in [0.29, 0.717) is 6.54 Å². The second-order valence-electron chi connectivity index (χ2n) is 4.12. The summed E-state index contributed by atoms with van der Waals surface area (Å²) in [5.41, 5.74) is 5.66. The minimum absolute atomic E-state index is 0.0961. The summed E-state index contributed by atoms with van der Waals surface area (Å²) in [4.78, 5) is 0. The maximum absolute atomic E-state index is 13.0. The Bertz CT molecular complexity index is 468. The molecule has 0 aromatic heterocycles. The number of nitrogens with one attached hydrogen (secondary N) is 2. The molecule has 96 valence electrons. The summed E-state index contributed by atoms with van der Waals surface area (Å²) < 4.78 is 40.6. The van der Waals surface area contributed by atoms with Crippen molar-refractivity contribution < 1.29 is 12.8 Å². The van der Waals surface area contributed by atoms with Crippen LogP contribution in [-0.4, -0.2) is 15.0 Å². The quantitative estimate of drug-likeness (QED) is 0.699. The van der Waals surface area contributed by atoms with Crippen LogP contribution >= 0.6 is 0 Å². The Kier molecular flexibility index (Phi) is 4.30. The first kappa shape index (κ1) is 13.7. The number of anilines is 2. The highest BCUT2D eigenvalue weighted by atomic mass is 32.2. The van der Waals surface area contributed by atoms with Crippen molar-refractivity contribution in [1.82, 2.24) is 4.72 Å². The fourth-order valence-corrected chi connectivity index (χ4v) is 2.19. The number of nitrogen functional groups attached to an aromatic ring is 1. The van der Waals surface area contributed by atoms with Gasteiger partial charge in [-0.25, -0.2) is 4.39 Å². The number of rotatable bonds is 5. The zero-order chi connectivity index (χ0) is 13.1. The molecule has 0 saturated carbocycles. The molecule has 0 heterocycles. The van der Waals surface area contributed by atoms with Crippen molar-refractivity contribution in [3.63, 3.8) is 0 Å². The van der Waals surface area contributed by atoms with Gasteiger partial charge in [-0.1, -0.05) is 13.8 Å². The van der Waals surface area contributed by atoms with Gasteiger partial charge in [0.25, 0.3) is 10.2 Å². The molecular weight excluding hydrogens is 245 g/mol. The van der Waals surface area contributed by atoms with Crippen LogP contribution in [0.1, 0.15) is 13.8 Å². The highest BCUT2D eigenvalue weighted by Crippen LogP contribution is 2.16. The third-order valence-corrected chi connectivity index (χ3v) is 2.91. The molecule has 1 aromatic carbocycles. The second kappa shape index (κ2) is 5.33. The summed E-state index contributed by atoms with van der Waals surface area (Å²) in [5.74, 6) is -0.407. The van der Waals surface area contributed by atoms with Crippen LogP contribution in [0.2, 0.25) is 0 Å². The second-order valence-corrected chi connectivity index (χ2v) is 5.62. The Labute approximate surface area is 100 Å². The topological polar surface area (TPSA) is 84.2 Å². The van der Waals surface area contributed by atoms with E-state index in [-0.39, 0.29) is 17.3 Å². The summed E-state index contributed by atoms with van der Waals surface area (Å²) in [6.45, 7) is 4.06. The molecule has 0 unspecified atom stereocenters. The number of nitrogens with two attached hydrogens (primary N) is 1. The minimum atomic E-state index is -3.69. The number of hydrogen-bond donors (Lipinski definition) is 3. The number of hydrogen-bond acceptors (Lipinski definition) is 3. The van der Waals surface area contributed by atoms with E-state index < -0.39 is 16.0 Å². The molecule has 0 radical (unpaired) electrons. The Morgan fingerprint density at radius 2 is 2.00 bits per heavy atom. The summed E-state index contributed by atoms with van der Waals surface area (Å²) in [6, 6.07) is 3.52. The monoisotopic (exact) mass is 261 g/mol. The predicted octanol–water partition coefficient (Wildman–Crippen LogP) is 1.31. The molecule has 0 atom stereocenters. The molecule has 0 saturated heterocycles. The lowest BCUT2D eigenvalue weighted by molar-refractivity contribution is 0.565. The van der Waals surface area contributed by atoms with E-state index in [1.54, 1.807) is 0 Å². The third-order valence-electron chi connectivity index (χ3n) is 1.85. The van der Waals surface area contributed by atoms with E-state index in [0.717, 1.165) is 12.1 Å². The molecule has 7 heteroatoms. The lowest BCUT2D eigenvalue weighted by Crippen LogP contribution is -2.32. The first-order valence-corrected chi connectivity index (χ1v) is 6.60. The molecule has 0 bridgehead atoms. The minimum Gasteiger partial charge on any atom is -0.399 e. The molecule has 17 heavy (non-hydrogen) atoms. The van der Waals surface area contributed by atoms with Crippen molar-refractivity contribution in [2.24, 2.45) is 5.92 Å². The van der Waals surface area contributed by atoms with Crippen molar-refractivity contribution in [2.45, 2.75) is 13.8 Å². The average Bonchev–Trinajstić information content (AvgIpc) is 2.12. The standard InChI is InChI=1S/C10H16FN3O2S/c1-7(2)6-13-17(15,16)14-10-4-8(11)3-9(12)5-10/h3-5,7,13-14H,6,12H2,1-2H3. The molecule has 0 fully saturated rings. The van der Waals surface area contributed by atoms with Crippen molar-refractivity contribution in [3.8, 4) is 0 Å². The maximum Gasteiger partial charge on any atom is 0.299 e. The van der Waals surface area contributed by atoms with Gasteiger partial charge in [-0.05, 0) is 24.1 Å². The maximum atomic E-state index is 13.0. The van der Waals surface area contributed by atoms with E-state index in [1.165, 1.54) is 6.07 Å². The predicted molar refractivity (Wildman–Crippen MR) is 66.2 cm³/mol. The first-order chi connectivity index (χ1) is 7.78. The molecule has 0 aliphatic carbocycles. The van der Waals surface area contributed by atoms with Crippen molar-refractivity contribution in [1.29, 1.82) is 0 Å². The van der Waals surface area contributed by atoms with Gasteiger partial charge < -0.3 is 5.73 Å². The fraction of sp³-hybridized carbons (Fsp3) is 0.400. The van der Waals surface area contributed by atoms with E-state index in [4.69, 9.17) is 5.73 Å². The molecule has 1 rings (SSSR count). The van der Waals surface area contributed by atoms with Crippen molar-refractivity contribution in [2.75, 3.05) is 17.0 Å². The van der Waals surface area contributed by atoms with Crippen LogP contribution in [0.25, 0.3) is 0 Å². The van der Waals surface area contributed by atoms with Crippen LogP contribution in [0.5, 0.6) is 0 Å². The van der Waals surface area contributed by atoms with Gasteiger partial charge in [0.15, 0.2) is 0 Å². The van der Waals surface area contributed by atoms with E-state index in [1.807, 2.05) is 13.8 Å². The number of benzene rings is 1. The van der Waals surface area contributed by atoms with Crippen molar-refractivity contribution in [3.05, 3.63) is 24.0 Å². The van der Waals surface area contributed by atoms with Gasteiger partial charge in [0.05, 0.1) is 5.69 Å². The van der Waals surface area contributed by atoms with Crippen LogP contribution in [-0.2, 0) is 10.2 Å². The van der Waals surface area contributed by atoms with Gasteiger partial charge in [-0.15, -0.1) is 0 Å². The normalized spacial score (nSPS) is 11.8. The first-order valence-electron chi connectivity index (χ1n) is 5.12. The van der Waals surface area contributed by atoms with Gasteiger partial charge >= 0.3 is 0 Å². The Morgan fingerprint density at radius 1 is 1.35 bits per heavy atom. The van der Waals surface area contributed by atoms with Crippen LogP contribution in [0.15, 0.2) is 18.2 Å². The molecular formula is C10H16FN3O2S. The van der Waals surface area contributed by atoms with E-state index in [2.05, 4.69) is 9.44 Å². The van der Waals surface area contributed by atoms with Gasteiger partial charge in [-0.2, -0.15) is 13.1 Å². The molecule has 1 aromatic rings. The van der Waals surface area contributed by atoms with Crippen LogP contribution in [0, 0.1) is 11.7 Å². The Hall–Kier alpha value is -1.34. The van der Waals surface area contributed by atoms with E-state index in [9.17, 15) is 12.8 Å². The molecule has 4 N–H and O–H groups in total. The molecule has 5 nitrogen and oxygen atoms in total. The summed E-state index contributed by atoms with van der Waals surface area (Å²) >= 11 is 0. The van der Waals surface area contributed by atoms with Gasteiger partial charge in [0.2, 0.25) is 0 Å². The lowest BCUT2D eigenvalue weighted by atomic mass is 10.2. The van der Waals surface area contributed by atoms with Crippen LogP contribution in [0.3, 0.4) is 0 Å². The van der Waals surface area contributed by atoms with Crippen LogP contribution < -0.4 is 15.2 Å². The summed E-state index contributed by atoms with van der Waals surface area (Å²) in [5, 5.41) is 0. The average molecular weight is 261 g/mol. The fourth-order valence-electron chi connectivity index (χ4n) is 1.14. The van der Waals surface area contributed by atoms with Gasteiger partial charge in [-0.3, -0.25) is 4.72 Å². The molecule has 0 aliphatic rings. The SMILES string of the molecule is CC(C)CNS(=O)(=O)Nc1cc(N)cc(F)c1. The zero-order valence-corrected chi connectivity index (χ0v) is 10.5. The zero-order valence-electron chi connectivity index (χ0n) is 9.70. The Balaban J connectivity index is 2.76. The molecule has 0 amide bonds. The molecule has 0 aliphatic heterocycles. The van der Waals surface area contributed by atoms with E-state index >= 15 is 0 Å². The lowest BCUT2D eigenvalue weighted by Gasteiger charge is -2.11. The van der Waals surface area contributed by atoms with Gasteiger partial charge in [0.1, 0.15) is 5.82 Å². The van der Waals surface area contributed by atoms with Gasteiger partial charge in [0, 0.05) is 12.2 Å².